The molecule has 29 heavy (non-hydrogen) atoms. The number of carbonyl (C=O) groups excluding carboxylic acids is 1. The topological polar surface area (TPSA) is 32.8 Å². The van der Waals surface area contributed by atoms with Gasteiger partial charge >= 0.3 is 5.97 Å². The second kappa shape index (κ2) is 9.13. The maximum absolute atomic E-state index is 12.9. The summed E-state index contributed by atoms with van der Waals surface area (Å²) in [5, 5.41) is 0. The molecule has 6 heteroatoms. The zero-order chi connectivity index (χ0) is 19.2. The maximum Gasteiger partial charge on any atom is 0.338 e. The van der Waals surface area contributed by atoms with E-state index in [1.165, 1.54) is 6.42 Å². The van der Waals surface area contributed by atoms with Gasteiger partial charge in [0.2, 0.25) is 0 Å². The van der Waals surface area contributed by atoms with Crippen LogP contribution in [0, 0.1) is 22.7 Å². The maximum atomic E-state index is 12.9. The first-order valence-electron chi connectivity index (χ1n) is 10.5. The fourth-order valence-electron chi connectivity index (χ4n) is 6.03. The third kappa shape index (κ3) is 4.19. The number of fused-ring (bicyclic) bond motifs is 2. The molecule has 4 nitrogen and oxygen atoms in total. The molecule has 2 saturated carbocycles. The Morgan fingerprint density at radius 1 is 1.07 bits per heavy atom. The lowest BCUT2D eigenvalue weighted by atomic mass is 9.70. The van der Waals surface area contributed by atoms with Crippen molar-refractivity contribution >= 4 is 30.8 Å². The summed E-state index contributed by atoms with van der Waals surface area (Å²) in [7, 11) is 2.20. The van der Waals surface area contributed by atoms with Crippen molar-refractivity contribution in [3.8, 4) is 0 Å². The first kappa shape index (κ1) is 24.5. The van der Waals surface area contributed by atoms with E-state index >= 15 is 0 Å². The molecule has 4 atom stereocenters. The second-order valence-electron chi connectivity index (χ2n) is 9.74. The number of likely N-dealkylation sites (N-methyl/N-ethyl adjacent to an activating group) is 1. The summed E-state index contributed by atoms with van der Waals surface area (Å²) in [6, 6.07) is 9.47. The number of nitrogens with zero attached hydrogens (tertiary/aromatic N) is 2. The third-order valence-corrected chi connectivity index (χ3v) is 8.22. The Labute approximate surface area is 188 Å². The SMILES string of the molecule is CN1CCN(CC2C3CCC(C)(C2OC(=O)c2ccccc2)C3(C)C)CC1.Cl.Cl. The molecule has 0 aromatic heterocycles. The Bertz CT molecular complexity index is 691. The van der Waals surface area contributed by atoms with E-state index in [0.717, 1.165) is 39.1 Å². The minimum atomic E-state index is -0.159. The highest BCUT2D eigenvalue weighted by atomic mass is 35.5. The van der Waals surface area contributed by atoms with Crippen LogP contribution in [0.1, 0.15) is 44.0 Å². The molecule has 3 aliphatic rings. The van der Waals surface area contributed by atoms with Crippen molar-refractivity contribution < 1.29 is 9.53 Å². The number of piperazine rings is 1. The van der Waals surface area contributed by atoms with Crippen LogP contribution < -0.4 is 0 Å². The molecule has 4 rings (SSSR count). The van der Waals surface area contributed by atoms with Crippen molar-refractivity contribution in [2.45, 2.75) is 39.7 Å². The Kier molecular flexibility index (Phi) is 7.70. The fourth-order valence-corrected chi connectivity index (χ4v) is 6.03. The van der Waals surface area contributed by atoms with Crippen molar-refractivity contribution in [3.05, 3.63) is 35.9 Å². The lowest BCUT2D eigenvalue weighted by Crippen LogP contribution is -2.49. The van der Waals surface area contributed by atoms with Crippen LogP contribution in [0.3, 0.4) is 0 Å². The number of ether oxygens (including phenoxy) is 1. The van der Waals surface area contributed by atoms with Crippen LogP contribution in [0.2, 0.25) is 0 Å². The first-order valence-corrected chi connectivity index (χ1v) is 10.5. The lowest BCUT2D eigenvalue weighted by molar-refractivity contribution is -0.0476. The van der Waals surface area contributed by atoms with Gasteiger partial charge in [0.25, 0.3) is 0 Å². The number of benzene rings is 1. The number of halogens is 2. The number of carbonyl (C=O) groups is 1. The molecule has 1 aromatic carbocycles. The van der Waals surface area contributed by atoms with Gasteiger partial charge in [-0.3, -0.25) is 0 Å². The molecule has 1 heterocycles. The molecule has 0 radical (unpaired) electrons. The Morgan fingerprint density at radius 3 is 2.31 bits per heavy atom. The van der Waals surface area contributed by atoms with E-state index in [4.69, 9.17) is 4.74 Å². The molecular formula is C23H36Cl2N2O2. The van der Waals surface area contributed by atoms with Gasteiger partial charge in [0.15, 0.2) is 0 Å². The minimum Gasteiger partial charge on any atom is -0.458 e. The number of rotatable bonds is 4. The van der Waals surface area contributed by atoms with E-state index in [0.29, 0.717) is 17.4 Å². The van der Waals surface area contributed by atoms with Gasteiger partial charge in [-0.2, -0.15) is 0 Å². The van der Waals surface area contributed by atoms with Gasteiger partial charge < -0.3 is 14.5 Å². The van der Waals surface area contributed by atoms with Gasteiger partial charge in [-0.1, -0.05) is 39.0 Å². The van der Waals surface area contributed by atoms with Gasteiger partial charge in [-0.15, -0.1) is 24.8 Å². The summed E-state index contributed by atoms with van der Waals surface area (Å²) in [4.78, 5) is 17.9. The van der Waals surface area contributed by atoms with Crippen LogP contribution in [0.4, 0.5) is 0 Å². The predicted octanol–water partition coefficient (Wildman–Crippen LogP) is 4.38. The van der Waals surface area contributed by atoms with Crippen LogP contribution in [0.5, 0.6) is 0 Å². The average Bonchev–Trinajstić information content (AvgIpc) is 2.97. The monoisotopic (exact) mass is 442 g/mol. The number of hydrogen-bond acceptors (Lipinski definition) is 4. The summed E-state index contributed by atoms with van der Waals surface area (Å²) in [5.41, 5.74) is 0.950. The normalized spacial score (nSPS) is 33.6. The molecule has 1 saturated heterocycles. The molecular weight excluding hydrogens is 407 g/mol. The van der Waals surface area contributed by atoms with Gasteiger partial charge in [0.1, 0.15) is 6.10 Å². The van der Waals surface area contributed by atoms with Crippen LogP contribution in [0.25, 0.3) is 0 Å². The average molecular weight is 443 g/mol. The lowest BCUT2D eigenvalue weighted by Gasteiger charge is -2.41. The second-order valence-corrected chi connectivity index (χ2v) is 9.74. The Balaban J connectivity index is 0.00000150. The van der Waals surface area contributed by atoms with Crippen molar-refractivity contribution in [2.24, 2.45) is 22.7 Å². The number of esters is 1. The smallest absolute Gasteiger partial charge is 0.338 e. The molecule has 164 valence electrons. The van der Waals surface area contributed by atoms with Crippen molar-refractivity contribution in [3.63, 3.8) is 0 Å². The van der Waals surface area contributed by atoms with Gasteiger partial charge in [0, 0.05) is 44.1 Å². The largest absolute Gasteiger partial charge is 0.458 e. The fraction of sp³-hybridized carbons (Fsp3) is 0.696. The molecule has 1 aromatic rings. The zero-order valence-corrected chi connectivity index (χ0v) is 19.7. The highest BCUT2D eigenvalue weighted by Gasteiger charge is 2.67. The van der Waals surface area contributed by atoms with Crippen molar-refractivity contribution in [2.75, 3.05) is 39.8 Å². The van der Waals surface area contributed by atoms with Crippen LogP contribution in [-0.2, 0) is 4.74 Å². The molecule has 2 bridgehead atoms. The highest BCUT2D eigenvalue weighted by Crippen LogP contribution is 2.68. The standard InChI is InChI=1S/C23H34N2O2.2ClH/c1-22(2)19-10-11-23(22,3)20(27-21(26)17-8-6-5-7-9-17)18(19)16-25-14-12-24(4)13-15-25;;/h5-9,18-20H,10-16H2,1-4H3;2*1H. The van der Waals surface area contributed by atoms with Crippen LogP contribution >= 0.6 is 24.8 Å². The van der Waals surface area contributed by atoms with E-state index in [2.05, 4.69) is 37.6 Å². The number of hydrogen-bond donors (Lipinski definition) is 0. The van der Waals surface area contributed by atoms with Crippen LogP contribution in [0.15, 0.2) is 30.3 Å². The van der Waals surface area contributed by atoms with Crippen molar-refractivity contribution in [1.82, 2.24) is 9.80 Å². The first-order chi connectivity index (χ1) is 12.8. The van der Waals surface area contributed by atoms with E-state index in [-0.39, 0.29) is 47.7 Å². The van der Waals surface area contributed by atoms with E-state index in [1.54, 1.807) is 0 Å². The quantitative estimate of drug-likeness (QED) is 0.647. The highest BCUT2D eigenvalue weighted by molar-refractivity contribution is 5.89. The zero-order valence-electron chi connectivity index (χ0n) is 18.1. The van der Waals surface area contributed by atoms with E-state index < -0.39 is 0 Å². The van der Waals surface area contributed by atoms with Gasteiger partial charge in [-0.05, 0) is 43.4 Å². The Morgan fingerprint density at radius 2 is 1.69 bits per heavy atom. The molecule has 1 aliphatic heterocycles. The molecule has 2 aliphatic carbocycles. The summed E-state index contributed by atoms with van der Waals surface area (Å²) in [5.74, 6) is 0.916. The minimum absolute atomic E-state index is 0. The summed E-state index contributed by atoms with van der Waals surface area (Å²) >= 11 is 0. The Hall–Kier alpha value is -0.810. The molecule has 3 fully saturated rings. The van der Waals surface area contributed by atoms with E-state index in [1.807, 2.05) is 30.3 Å². The van der Waals surface area contributed by atoms with E-state index in [9.17, 15) is 4.79 Å². The summed E-state index contributed by atoms with van der Waals surface area (Å²) in [6.07, 6.45) is 2.44. The molecule has 4 unspecified atom stereocenters. The third-order valence-electron chi connectivity index (χ3n) is 8.22. The molecule has 0 N–H and O–H groups in total. The molecule has 0 spiro atoms. The summed E-state index contributed by atoms with van der Waals surface area (Å²) < 4.78 is 6.27. The predicted molar refractivity (Wildman–Crippen MR) is 122 cm³/mol. The summed E-state index contributed by atoms with van der Waals surface area (Å²) in [6.45, 7) is 12.7. The van der Waals surface area contributed by atoms with Crippen LogP contribution in [-0.4, -0.2) is 61.6 Å². The van der Waals surface area contributed by atoms with Gasteiger partial charge in [-0.25, -0.2) is 4.79 Å². The van der Waals surface area contributed by atoms with Gasteiger partial charge in [0.05, 0.1) is 5.56 Å². The molecule has 0 amide bonds. The van der Waals surface area contributed by atoms with Crippen molar-refractivity contribution in [1.29, 1.82) is 0 Å².